The second-order valence-electron chi connectivity index (χ2n) is 3.60. The molecule has 106 valence electrons. The Hall–Kier alpha value is -0.660. The normalized spacial score (nSPS) is 10.6. The Balaban J connectivity index is 1.96. The highest BCUT2D eigenvalue weighted by molar-refractivity contribution is 8.01. The first kappa shape index (κ1) is 15.7. The molecule has 3 N–H and O–H groups in total. The molecular weight excluding hydrogens is 361 g/mol. The van der Waals surface area contributed by atoms with Gasteiger partial charge in [0.15, 0.2) is 5.13 Å². The standard InChI is InChI=1S/C11H8Cl3N3OS2/c12-5-1-7(14)8(2-6(5)13)17-9(18)4-19-10-3-16-11(15)20-10/h1-3H,4H2,(H2,15,16)(H,17,18). The van der Waals surface area contributed by atoms with Crippen molar-refractivity contribution >= 4 is 74.6 Å². The molecule has 0 fully saturated rings. The van der Waals surface area contributed by atoms with Gasteiger partial charge in [0.2, 0.25) is 5.91 Å². The number of thioether (sulfide) groups is 1. The lowest BCUT2D eigenvalue weighted by Gasteiger charge is -2.08. The monoisotopic (exact) mass is 367 g/mol. The van der Waals surface area contributed by atoms with E-state index in [0.29, 0.717) is 25.9 Å². The van der Waals surface area contributed by atoms with E-state index >= 15 is 0 Å². The van der Waals surface area contributed by atoms with E-state index in [2.05, 4.69) is 10.3 Å². The van der Waals surface area contributed by atoms with Gasteiger partial charge in [-0.1, -0.05) is 46.1 Å². The van der Waals surface area contributed by atoms with Crippen LogP contribution in [0.3, 0.4) is 0 Å². The number of thiazole rings is 1. The van der Waals surface area contributed by atoms with Crippen molar-refractivity contribution < 1.29 is 4.79 Å². The van der Waals surface area contributed by atoms with Crippen LogP contribution >= 0.6 is 57.9 Å². The first-order valence-electron chi connectivity index (χ1n) is 5.24. The number of amides is 1. The molecule has 0 unspecified atom stereocenters. The molecule has 1 aromatic heterocycles. The number of anilines is 2. The fourth-order valence-electron chi connectivity index (χ4n) is 1.28. The van der Waals surface area contributed by atoms with Gasteiger partial charge < -0.3 is 11.1 Å². The van der Waals surface area contributed by atoms with Crippen molar-refractivity contribution in [3.8, 4) is 0 Å². The molecule has 1 amide bonds. The summed E-state index contributed by atoms with van der Waals surface area (Å²) in [6.45, 7) is 0. The van der Waals surface area contributed by atoms with E-state index in [1.54, 1.807) is 6.20 Å². The van der Waals surface area contributed by atoms with Crippen LogP contribution in [0, 0.1) is 0 Å². The van der Waals surface area contributed by atoms with Crippen molar-refractivity contribution in [2.24, 2.45) is 0 Å². The summed E-state index contributed by atoms with van der Waals surface area (Å²) in [6.07, 6.45) is 1.63. The van der Waals surface area contributed by atoms with E-state index in [-0.39, 0.29) is 11.7 Å². The molecule has 2 rings (SSSR count). The van der Waals surface area contributed by atoms with Gasteiger partial charge in [-0.3, -0.25) is 4.79 Å². The maximum Gasteiger partial charge on any atom is 0.234 e. The molecule has 0 spiro atoms. The number of aromatic nitrogens is 1. The number of carbonyl (C=O) groups is 1. The van der Waals surface area contributed by atoms with E-state index in [4.69, 9.17) is 40.5 Å². The van der Waals surface area contributed by atoms with Gasteiger partial charge in [-0.05, 0) is 12.1 Å². The molecule has 9 heteroatoms. The second kappa shape index (κ2) is 6.87. The number of nitrogens with one attached hydrogen (secondary N) is 1. The van der Waals surface area contributed by atoms with E-state index in [1.807, 2.05) is 0 Å². The van der Waals surface area contributed by atoms with Gasteiger partial charge in [0.05, 0.1) is 36.9 Å². The van der Waals surface area contributed by atoms with E-state index < -0.39 is 0 Å². The quantitative estimate of drug-likeness (QED) is 0.619. The third-order valence-electron chi connectivity index (χ3n) is 2.13. The van der Waals surface area contributed by atoms with Gasteiger partial charge >= 0.3 is 0 Å². The number of nitrogens with zero attached hydrogens (tertiary/aromatic N) is 1. The zero-order valence-electron chi connectivity index (χ0n) is 9.82. The molecule has 0 atom stereocenters. The Morgan fingerprint density at radius 1 is 1.30 bits per heavy atom. The van der Waals surface area contributed by atoms with E-state index in [9.17, 15) is 4.79 Å². The minimum atomic E-state index is -0.206. The average molecular weight is 369 g/mol. The van der Waals surface area contributed by atoms with Gasteiger partial charge in [-0.2, -0.15) is 0 Å². The van der Waals surface area contributed by atoms with Gasteiger partial charge in [0.25, 0.3) is 0 Å². The molecule has 0 saturated heterocycles. The lowest BCUT2D eigenvalue weighted by molar-refractivity contribution is -0.113. The average Bonchev–Trinajstić information content (AvgIpc) is 2.79. The molecule has 1 aromatic carbocycles. The van der Waals surface area contributed by atoms with Crippen LogP contribution in [0.5, 0.6) is 0 Å². The lowest BCUT2D eigenvalue weighted by atomic mass is 10.3. The highest BCUT2D eigenvalue weighted by Gasteiger charge is 2.10. The number of rotatable bonds is 4. The molecular formula is C11H8Cl3N3OS2. The van der Waals surface area contributed by atoms with Gasteiger partial charge in [-0.15, -0.1) is 11.8 Å². The predicted molar refractivity (Wildman–Crippen MR) is 87.4 cm³/mol. The van der Waals surface area contributed by atoms with E-state index in [0.717, 1.165) is 4.21 Å². The van der Waals surface area contributed by atoms with Crippen molar-refractivity contribution in [2.75, 3.05) is 16.8 Å². The Morgan fingerprint density at radius 2 is 2.00 bits per heavy atom. The van der Waals surface area contributed by atoms with Crippen molar-refractivity contribution in [2.45, 2.75) is 4.21 Å². The van der Waals surface area contributed by atoms with Crippen molar-refractivity contribution in [3.05, 3.63) is 33.4 Å². The fraction of sp³-hybridized carbons (Fsp3) is 0.0909. The number of hydrogen-bond acceptors (Lipinski definition) is 5. The molecule has 2 aromatic rings. The van der Waals surface area contributed by atoms with Crippen LogP contribution in [0.25, 0.3) is 0 Å². The summed E-state index contributed by atoms with van der Waals surface area (Å²) in [5.41, 5.74) is 5.93. The molecule has 20 heavy (non-hydrogen) atoms. The smallest absolute Gasteiger partial charge is 0.234 e. The summed E-state index contributed by atoms with van der Waals surface area (Å²) in [5, 5.41) is 4.14. The van der Waals surface area contributed by atoms with Crippen LogP contribution < -0.4 is 11.1 Å². The summed E-state index contributed by atoms with van der Waals surface area (Å²) in [6, 6.07) is 3.00. The van der Waals surface area contributed by atoms with Gasteiger partial charge in [-0.25, -0.2) is 4.98 Å². The lowest BCUT2D eigenvalue weighted by Crippen LogP contribution is -2.14. The second-order valence-corrected chi connectivity index (χ2v) is 7.16. The molecule has 4 nitrogen and oxygen atoms in total. The number of carbonyl (C=O) groups excluding carboxylic acids is 1. The number of nitrogen functional groups attached to an aromatic ring is 1. The third-order valence-corrected chi connectivity index (χ3v) is 5.19. The van der Waals surface area contributed by atoms with Gasteiger partial charge in [0.1, 0.15) is 0 Å². The highest BCUT2D eigenvalue weighted by atomic mass is 35.5. The van der Waals surface area contributed by atoms with Crippen LogP contribution in [0.1, 0.15) is 0 Å². The molecule has 0 aliphatic carbocycles. The number of benzene rings is 1. The fourth-order valence-corrected chi connectivity index (χ4v) is 3.43. The molecule has 0 bridgehead atoms. The number of halogens is 3. The summed E-state index contributed by atoms with van der Waals surface area (Å²) >= 11 is 20.3. The summed E-state index contributed by atoms with van der Waals surface area (Å²) in [5.74, 6) is 0.0142. The van der Waals surface area contributed by atoms with Gasteiger partial charge in [0, 0.05) is 0 Å². The summed E-state index contributed by atoms with van der Waals surface area (Å²) in [4.78, 5) is 15.7. The maximum atomic E-state index is 11.8. The van der Waals surface area contributed by atoms with Crippen molar-refractivity contribution in [3.63, 3.8) is 0 Å². The van der Waals surface area contributed by atoms with Crippen LogP contribution in [0.15, 0.2) is 22.5 Å². The predicted octanol–water partition coefficient (Wildman–Crippen LogP) is 4.42. The van der Waals surface area contributed by atoms with Crippen molar-refractivity contribution in [1.29, 1.82) is 0 Å². The van der Waals surface area contributed by atoms with E-state index in [1.165, 1.54) is 35.2 Å². The first-order chi connectivity index (χ1) is 9.45. The Labute approximate surface area is 138 Å². The summed E-state index contributed by atoms with van der Waals surface area (Å²) < 4.78 is 0.873. The molecule has 0 aliphatic heterocycles. The SMILES string of the molecule is Nc1ncc(SCC(=O)Nc2cc(Cl)c(Cl)cc2Cl)s1. The van der Waals surface area contributed by atoms with Crippen LogP contribution in [0.4, 0.5) is 10.8 Å². The van der Waals surface area contributed by atoms with Crippen LogP contribution in [-0.4, -0.2) is 16.6 Å². The number of nitrogens with two attached hydrogens (primary N) is 1. The zero-order valence-corrected chi connectivity index (χ0v) is 13.7. The topological polar surface area (TPSA) is 68.0 Å². The molecule has 1 heterocycles. The largest absolute Gasteiger partial charge is 0.375 e. The van der Waals surface area contributed by atoms with Crippen LogP contribution in [0.2, 0.25) is 15.1 Å². The molecule has 0 saturated carbocycles. The minimum absolute atomic E-state index is 0.206. The number of hydrogen-bond donors (Lipinski definition) is 2. The molecule has 0 radical (unpaired) electrons. The highest BCUT2D eigenvalue weighted by Crippen LogP contribution is 2.32. The Morgan fingerprint density at radius 3 is 2.65 bits per heavy atom. The molecule has 0 aliphatic rings. The maximum absolute atomic E-state index is 11.8. The van der Waals surface area contributed by atoms with Crippen molar-refractivity contribution in [1.82, 2.24) is 4.98 Å². The Bertz CT molecular complexity index is 648. The third kappa shape index (κ3) is 4.17. The zero-order chi connectivity index (χ0) is 14.7. The summed E-state index contributed by atoms with van der Waals surface area (Å²) in [7, 11) is 0. The first-order valence-corrected chi connectivity index (χ1v) is 8.18. The minimum Gasteiger partial charge on any atom is -0.375 e. The Kier molecular flexibility index (Phi) is 5.40. The van der Waals surface area contributed by atoms with Crippen LogP contribution in [-0.2, 0) is 4.79 Å².